The molecule has 0 saturated carbocycles. The molecular weight excluding hydrogens is 330 g/mol. The van der Waals surface area contributed by atoms with Crippen molar-refractivity contribution in [1.82, 2.24) is 24.9 Å². The minimum absolute atomic E-state index is 0.177. The zero-order chi connectivity index (χ0) is 17.8. The second kappa shape index (κ2) is 7.95. The first-order valence-corrected chi connectivity index (χ1v) is 9.55. The number of pyridine rings is 1. The predicted octanol–water partition coefficient (Wildman–Crippen LogP) is 2.36. The molecule has 0 unspecified atom stereocenters. The zero-order valence-electron chi connectivity index (χ0n) is 15.0. The number of amides is 1. The Kier molecular flexibility index (Phi) is 5.24. The van der Waals surface area contributed by atoms with E-state index in [0.717, 1.165) is 51.9 Å². The molecule has 2 aliphatic heterocycles. The van der Waals surface area contributed by atoms with Gasteiger partial charge in [-0.15, -0.1) is 0 Å². The van der Waals surface area contributed by atoms with Crippen LogP contribution < -0.4 is 0 Å². The summed E-state index contributed by atoms with van der Waals surface area (Å²) in [7, 11) is 0. The fourth-order valence-corrected chi connectivity index (χ4v) is 3.82. The van der Waals surface area contributed by atoms with Crippen LogP contribution in [-0.2, 0) is 11.3 Å². The minimum atomic E-state index is 0.177. The third kappa shape index (κ3) is 3.93. The van der Waals surface area contributed by atoms with Gasteiger partial charge in [0.15, 0.2) is 0 Å². The number of hydrogen-bond donors (Lipinski definition) is 0. The van der Waals surface area contributed by atoms with E-state index in [2.05, 4.69) is 24.9 Å². The Morgan fingerprint density at radius 1 is 1.12 bits per heavy atom. The summed E-state index contributed by atoms with van der Waals surface area (Å²) in [4.78, 5) is 25.7. The maximum absolute atomic E-state index is 12.6. The van der Waals surface area contributed by atoms with Crippen LogP contribution in [0.4, 0.5) is 0 Å². The van der Waals surface area contributed by atoms with Crippen LogP contribution in [0, 0.1) is 5.92 Å². The molecule has 0 aromatic carbocycles. The van der Waals surface area contributed by atoms with Crippen LogP contribution in [0.1, 0.15) is 38.0 Å². The Morgan fingerprint density at radius 2 is 1.92 bits per heavy atom. The summed E-state index contributed by atoms with van der Waals surface area (Å²) < 4.78 is 5.37. The lowest BCUT2D eigenvalue weighted by atomic mass is 9.94. The molecule has 2 fully saturated rings. The Bertz CT molecular complexity index is 719. The molecule has 138 valence electrons. The number of carbonyl (C=O) groups excluding carboxylic acids is 1. The van der Waals surface area contributed by atoms with Gasteiger partial charge in [0.05, 0.1) is 6.54 Å². The maximum atomic E-state index is 12.6. The van der Waals surface area contributed by atoms with Crippen LogP contribution >= 0.6 is 0 Å². The number of aromatic nitrogens is 3. The van der Waals surface area contributed by atoms with Crippen LogP contribution in [0.3, 0.4) is 0 Å². The molecule has 2 aliphatic rings. The topological polar surface area (TPSA) is 75.4 Å². The van der Waals surface area contributed by atoms with Crippen molar-refractivity contribution in [2.45, 2.75) is 38.6 Å². The molecular formula is C19H25N5O2. The standard InChI is InChI=1S/C19H25N5O2/c25-19(24-10-4-1-5-11-24)15-7-12-23(13-8-15)14-17-21-18(22-26-17)16-6-2-3-9-20-16/h2-3,6,9,15H,1,4-5,7-8,10-14H2. The van der Waals surface area contributed by atoms with Gasteiger partial charge in [-0.1, -0.05) is 11.2 Å². The molecule has 0 spiro atoms. The van der Waals surface area contributed by atoms with Crippen molar-refractivity contribution in [2.24, 2.45) is 5.92 Å². The van der Waals surface area contributed by atoms with Gasteiger partial charge in [0.1, 0.15) is 5.69 Å². The van der Waals surface area contributed by atoms with Crippen LogP contribution in [0.25, 0.3) is 11.5 Å². The van der Waals surface area contributed by atoms with Crippen molar-refractivity contribution in [3.8, 4) is 11.5 Å². The van der Waals surface area contributed by atoms with Gasteiger partial charge >= 0.3 is 0 Å². The van der Waals surface area contributed by atoms with Gasteiger partial charge in [0.25, 0.3) is 0 Å². The van der Waals surface area contributed by atoms with Crippen molar-refractivity contribution in [3.63, 3.8) is 0 Å². The summed E-state index contributed by atoms with van der Waals surface area (Å²) in [6.45, 7) is 4.30. The van der Waals surface area contributed by atoms with Gasteiger partial charge in [-0.05, 0) is 57.3 Å². The molecule has 2 aromatic heterocycles. The third-order valence-corrected chi connectivity index (χ3v) is 5.33. The molecule has 0 atom stereocenters. The Hall–Kier alpha value is -2.28. The van der Waals surface area contributed by atoms with Crippen molar-refractivity contribution >= 4 is 5.91 Å². The predicted molar refractivity (Wildman–Crippen MR) is 96.0 cm³/mol. The third-order valence-electron chi connectivity index (χ3n) is 5.33. The molecule has 4 rings (SSSR count). The second-order valence-corrected chi connectivity index (χ2v) is 7.16. The van der Waals surface area contributed by atoms with Gasteiger partial charge in [-0.3, -0.25) is 14.7 Å². The Morgan fingerprint density at radius 3 is 2.65 bits per heavy atom. The fraction of sp³-hybridized carbons (Fsp3) is 0.579. The van der Waals surface area contributed by atoms with Crippen molar-refractivity contribution in [1.29, 1.82) is 0 Å². The normalized spacial score (nSPS) is 19.6. The van der Waals surface area contributed by atoms with E-state index in [-0.39, 0.29) is 5.92 Å². The van der Waals surface area contributed by atoms with E-state index < -0.39 is 0 Å². The van der Waals surface area contributed by atoms with Gasteiger partial charge in [0.2, 0.25) is 17.6 Å². The molecule has 0 N–H and O–H groups in total. The molecule has 1 amide bonds. The highest BCUT2D eigenvalue weighted by Gasteiger charge is 2.29. The summed E-state index contributed by atoms with van der Waals surface area (Å²) in [6.07, 6.45) is 7.11. The van der Waals surface area contributed by atoms with Gasteiger partial charge < -0.3 is 9.42 Å². The van der Waals surface area contributed by atoms with Crippen LogP contribution in [0.2, 0.25) is 0 Å². The number of nitrogens with zero attached hydrogens (tertiary/aromatic N) is 5. The number of piperidine rings is 2. The van der Waals surface area contributed by atoms with Gasteiger partial charge in [-0.25, -0.2) is 0 Å². The van der Waals surface area contributed by atoms with E-state index in [4.69, 9.17) is 4.52 Å². The van der Waals surface area contributed by atoms with E-state index in [1.54, 1.807) is 6.20 Å². The molecule has 7 heteroatoms. The summed E-state index contributed by atoms with van der Waals surface area (Å²) in [5.41, 5.74) is 0.716. The van der Waals surface area contributed by atoms with E-state index in [9.17, 15) is 4.79 Å². The highest BCUT2D eigenvalue weighted by molar-refractivity contribution is 5.79. The molecule has 0 radical (unpaired) electrons. The Balaban J connectivity index is 1.29. The van der Waals surface area contributed by atoms with Gasteiger partial charge in [0, 0.05) is 25.2 Å². The van der Waals surface area contributed by atoms with Crippen LogP contribution in [0.5, 0.6) is 0 Å². The van der Waals surface area contributed by atoms with Crippen LogP contribution in [0.15, 0.2) is 28.9 Å². The number of likely N-dealkylation sites (tertiary alicyclic amines) is 2. The van der Waals surface area contributed by atoms with Gasteiger partial charge in [-0.2, -0.15) is 4.98 Å². The average Bonchev–Trinajstić information content (AvgIpc) is 3.18. The fourth-order valence-electron chi connectivity index (χ4n) is 3.82. The number of hydrogen-bond acceptors (Lipinski definition) is 6. The summed E-state index contributed by atoms with van der Waals surface area (Å²) in [5, 5.41) is 4.02. The highest BCUT2D eigenvalue weighted by atomic mass is 16.5. The zero-order valence-corrected chi connectivity index (χ0v) is 15.0. The molecule has 0 aliphatic carbocycles. The lowest BCUT2D eigenvalue weighted by molar-refractivity contribution is -0.138. The number of rotatable bonds is 4. The quantitative estimate of drug-likeness (QED) is 0.838. The first kappa shape index (κ1) is 17.1. The average molecular weight is 355 g/mol. The molecule has 2 aromatic rings. The smallest absolute Gasteiger partial charge is 0.241 e. The van der Waals surface area contributed by atoms with Crippen molar-refractivity contribution < 1.29 is 9.32 Å². The SMILES string of the molecule is O=C(C1CCN(Cc2nc(-c3ccccn3)no2)CC1)N1CCCCC1. The van der Waals surface area contributed by atoms with E-state index in [1.807, 2.05) is 18.2 Å². The monoisotopic (exact) mass is 355 g/mol. The first-order chi connectivity index (χ1) is 12.8. The van der Waals surface area contributed by atoms with Crippen molar-refractivity contribution in [3.05, 3.63) is 30.3 Å². The first-order valence-electron chi connectivity index (χ1n) is 9.55. The Labute approximate surface area is 153 Å². The highest BCUT2D eigenvalue weighted by Crippen LogP contribution is 2.23. The molecule has 4 heterocycles. The van der Waals surface area contributed by atoms with E-state index in [1.165, 1.54) is 6.42 Å². The minimum Gasteiger partial charge on any atom is -0.342 e. The lowest BCUT2D eigenvalue weighted by Crippen LogP contribution is -2.44. The van der Waals surface area contributed by atoms with E-state index >= 15 is 0 Å². The van der Waals surface area contributed by atoms with Crippen LogP contribution in [-0.4, -0.2) is 57.0 Å². The van der Waals surface area contributed by atoms with E-state index in [0.29, 0.717) is 29.9 Å². The largest absolute Gasteiger partial charge is 0.342 e. The summed E-state index contributed by atoms with van der Waals surface area (Å²) in [5.74, 6) is 1.66. The number of carbonyl (C=O) groups is 1. The van der Waals surface area contributed by atoms with Crippen molar-refractivity contribution in [2.75, 3.05) is 26.2 Å². The molecule has 26 heavy (non-hydrogen) atoms. The second-order valence-electron chi connectivity index (χ2n) is 7.16. The molecule has 7 nitrogen and oxygen atoms in total. The summed E-state index contributed by atoms with van der Waals surface area (Å²) in [6, 6.07) is 5.63. The molecule has 2 saturated heterocycles. The maximum Gasteiger partial charge on any atom is 0.241 e. The molecule has 0 bridgehead atoms. The lowest BCUT2D eigenvalue weighted by Gasteiger charge is -2.35. The summed E-state index contributed by atoms with van der Waals surface area (Å²) >= 11 is 0.